The molecule has 0 radical (unpaired) electrons. The fraction of sp³-hybridized carbons (Fsp3) is 0.667. The zero-order valence-corrected chi connectivity index (χ0v) is 11.0. The summed E-state index contributed by atoms with van der Waals surface area (Å²) in [6, 6.07) is 0.338. The van der Waals surface area contributed by atoms with Gasteiger partial charge in [0, 0.05) is 5.38 Å². The largest absolute Gasteiger partial charge is 0.461 e. The van der Waals surface area contributed by atoms with Gasteiger partial charge < -0.3 is 14.8 Å². The smallest absolute Gasteiger partial charge is 0.357 e. The summed E-state index contributed by atoms with van der Waals surface area (Å²) in [6.45, 7) is 2.16. The molecule has 2 aliphatic rings. The van der Waals surface area contributed by atoms with Crippen LogP contribution in [0.5, 0.6) is 0 Å². The topological polar surface area (TPSA) is 60.5 Å². The third-order valence-electron chi connectivity index (χ3n) is 3.40. The SMILES string of the molecule is CCOC(=O)c1csc(NC2CC3CCC2O3)n1. The van der Waals surface area contributed by atoms with E-state index < -0.39 is 0 Å². The van der Waals surface area contributed by atoms with Gasteiger partial charge in [-0.3, -0.25) is 0 Å². The maximum atomic E-state index is 11.5. The molecule has 0 saturated carbocycles. The number of esters is 1. The molecule has 0 aromatic carbocycles. The quantitative estimate of drug-likeness (QED) is 0.847. The zero-order chi connectivity index (χ0) is 12.5. The number of carbonyl (C=O) groups excluding carboxylic acids is 1. The molecule has 98 valence electrons. The van der Waals surface area contributed by atoms with Crippen molar-refractivity contribution in [1.29, 1.82) is 0 Å². The summed E-state index contributed by atoms with van der Waals surface area (Å²) < 4.78 is 10.7. The van der Waals surface area contributed by atoms with Crippen LogP contribution in [0.2, 0.25) is 0 Å². The lowest BCUT2D eigenvalue weighted by Gasteiger charge is -2.19. The summed E-state index contributed by atoms with van der Waals surface area (Å²) in [4.78, 5) is 15.7. The van der Waals surface area contributed by atoms with Gasteiger partial charge in [0.25, 0.3) is 0 Å². The van der Waals surface area contributed by atoms with Crippen LogP contribution in [-0.4, -0.2) is 35.8 Å². The number of nitrogens with zero attached hydrogens (tertiary/aromatic N) is 1. The number of aromatic nitrogens is 1. The van der Waals surface area contributed by atoms with Gasteiger partial charge >= 0.3 is 5.97 Å². The number of anilines is 1. The minimum Gasteiger partial charge on any atom is -0.461 e. The molecule has 3 rings (SSSR count). The second kappa shape index (κ2) is 4.85. The number of hydrogen-bond donors (Lipinski definition) is 1. The van der Waals surface area contributed by atoms with Gasteiger partial charge in [-0.2, -0.15) is 0 Å². The van der Waals surface area contributed by atoms with E-state index >= 15 is 0 Å². The molecule has 6 heteroatoms. The average Bonchev–Trinajstić information content (AvgIpc) is 3.04. The predicted octanol–water partition coefficient (Wildman–Crippen LogP) is 2.05. The predicted molar refractivity (Wildman–Crippen MR) is 68.0 cm³/mol. The van der Waals surface area contributed by atoms with E-state index in [0.717, 1.165) is 18.0 Å². The molecule has 2 bridgehead atoms. The normalized spacial score (nSPS) is 29.5. The molecule has 0 amide bonds. The molecular weight excluding hydrogens is 252 g/mol. The van der Waals surface area contributed by atoms with Crippen LogP contribution in [0.25, 0.3) is 0 Å². The van der Waals surface area contributed by atoms with E-state index in [2.05, 4.69) is 10.3 Å². The minimum absolute atomic E-state index is 0.310. The Morgan fingerprint density at radius 2 is 2.56 bits per heavy atom. The number of nitrogens with one attached hydrogen (secondary N) is 1. The summed E-state index contributed by atoms with van der Waals surface area (Å²) in [5, 5.41) is 5.87. The molecular formula is C12H16N2O3S. The van der Waals surface area contributed by atoms with Gasteiger partial charge in [-0.15, -0.1) is 11.3 Å². The van der Waals surface area contributed by atoms with Crippen molar-refractivity contribution in [2.75, 3.05) is 11.9 Å². The highest BCUT2D eigenvalue weighted by Crippen LogP contribution is 2.36. The van der Waals surface area contributed by atoms with Crippen LogP contribution in [-0.2, 0) is 9.47 Å². The van der Waals surface area contributed by atoms with Crippen LogP contribution in [0.4, 0.5) is 5.13 Å². The van der Waals surface area contributed by atoms with E-state index in [0.29, 0.717) is 30.6 Å². The Morgan fingerprint density at radius 3 is 3.22 bits per heavy atom. The van der Waals surface area contributed by atoms with E-state index in [4.69, 9.17) is 9.47 Å². The Labute approximate surface area is 110 Å². The van der Waals surface area contributed by atoms with Gasteiger partial charge in [0.2, 0.25) is 0 Å². The number of fused-ring (bicyclic) bond motifs is 2. The van der Waals surface area contributed by atoms with Crippen LogP contribution >= 0.6 is 11.3 Å². The molecule has 3 unspecified atom stereocenters. The Kier molecular flexibility index (Phi) is 3.22. The maximum absolute atomic E-state index is 11.5. The summed E-state index contributed by atoms with van der Waals surface area (Å²) in [5.74, 6) is -0.356. The second-order valence-electron chi connectivity index (χ2n) is 4.62. The zero-order valence-electron chi connectivity index (χ0n) is 10.2. The minimum atomic E-state index is -0.356. The van der Waals surface area contributed by atoms with Gasteiger partial charge in [0.1, 0.15) is 0 Å². The molecule has 2 saturated heterocycles. The lowest BCUT2D eigenvalue weighted by Crippen LogP contribution is -2.30. The Balaban J connectivity index is 1.62. The van der Waals surface area contributed by atoms with Gasteiger partial charge in [-0.05, 0) is 26.2 Å². The van der Waals surface area contributed by atoms with Crippen molar-refractivity contribution in [3.8, 4) is 0 Å². The van der Waals surface area contributed by atoms with Gasteiger partial charge in [0.15, 0.2) is 10.8 Å². The third kappa shape index (κ3) is 2.22. The molecule has 2 fully saturated rings. The number of carbonyl (C=O) groups is 1. The van der Waals surface area contributed by atoms with Crippen LogP contribution in [0.3, 0.4) is 0 Å². The molecule has 0 aliphatic carbocycles. The number of ether oxygens (including phenoxy) is 2. The molecule has 1 aromatic heterocycles. The van der Waals surface area contributed by atoms with E-state index in [1.807, 2.05) is 0 Å². The van der Waals surface area contributed by atoms with Crippen molar-refractivity contribution in [3.63, 3.8) is 0 Å². The Bertz CT molecular complexity index is 448. The van der Waals surface area contributed by atoms with Crippen LogP contribution < -0.4 is 5.32 Å². The summed E-state index contributed by atoms with van der Waals surface area (Å²) in [5.41, 5.74) is 0.383. The Morgan fingerprint density at radius 1 is 1.67 bits per heavy atom. The first-order chi connectivity index (χ1) is 8.76. The summed E-state index contributed by atoms with van der Waals surface area (Å²) in [6.07, 6.45) is 4.06. The molecule has 5 nitrogen and oxygen atoms in total. The number of hydrogen-bond acceptors (Lipinski definition) is 6. The highest BCUT2D eigenvalue weighted by molar-refractivity contribution is 7.13. The van der Waals surface area contributed by atoms with E-state index in [1.165, 1.54) is 17.8 Å². The highest BCUT2D eigenvalue weighted by Gasteiger charge is 2.41. The van der Waals surface area contributed by atoms with Crippen LogP contribution in [0.1, 0.15) is 36.7 Å². The third-order valence-corrected chi connectivity index (χ3v) is 4.18. The van der Waals surface area contributed by atoms with Crippen molar-refractivity contribution < 1.29 is 14.3 Å². The van der Waals surface area contributed by atoms with Crippen molar-refractivity contribution in [2.45, 2.75) is 44.4 Å². The summed E-state index contributed by atoms with van der Waals surface area (Å²) in [7, 11) is 0. The van der Waals surface area contributed by atoms with Crippen molar-refractivity contribution in [3.05, 3.63) is 11.1 Å². The maximum Gasteiger partial charge on any atom is 0.357 e. The number of thiazole rings is 1. The van der Waals surface area contributed by atoms with Crippen LogP contribution in [0, 0.1) is 0 Å². The molecule has 3 heterocycles. The van der Waals surface area contributed by atoms with E-state index in [9.17, 15) is 4.79 Å². The monoisotopic (exact) mass is 268 g/mol. The Hall–Kier alpha value is -1.14. The first-order valence-electron chi connectivity index (χ1n) is 6.31. The molecule has 2 aliphatic heterocycles. The average molecular weight is 268 g/mol. The first kappa shape index (κ1) is 11.9. The fourth-order valence-corrected chi connectivity index (χ4v) is 3.33. The number of rotatable bonds is 4. The van der Waals surface area contributed by atoms with Gasteiger partial charge in [-0.1, -0.05) is 0 Å². The lowest BCUT2D eigenvalue weighted by molar-refractivity contribution is 0.0520. The van der Waals surface area contributed by atoms with Crippen molar-refractivity contribution in [1.82, 2.24) is 4.98 Å². The summed E-state index contributed by atoms with van der Waals surface area (Å²) >= 11 is 1.44. The van der Waals surface area contributed by atoms with E-state index in [-0.39, 0.29) is 5.97 Å². The molecule has 0 spiro atoms. The standard InChI is InChI=1S/C12H16N2O3S/c1-2-16-11(15)9-6-18-12(14-9)13-8-5-7-3-4-10(8)17-7/h6-8,10H,2-5H2,1H3,(H,13,14). The van der Waals surface area contributed by atoms with Crippen molar-refractivity contribution >= 4 is 22.4 Å². The molecule has 1 aromatic rings. The van der Waals surface area contributed by atoms with Crippen molar-refractivity contribution in [2.24, 2.45) is 0 Å². The second-order valence-corrected chi connectivity index (χ2v) is 5.48. The van der Waals surface area contributed by atoms with Gasteiger partial charge in [0.05, 0.1) is 24.9 Å². The first-order valence-corrected chi connectivity index (χ1v) is 7.19. The van der Waals surface area contributed by atoms with Gasteiger partial charge in [-0.25, -0.2) is 9.78 Å². The molecule has 1 N–H and O–H groups in total. The fourth-order valence-electron chi connectivity index (χ4n) is 2.59. The molecule has 18 heavy (non-hydrogen) atoms. The van der Waals surface area contributed by atoms with E-state index in [1.54, 1.807) is 12.3 Å². The lowest BCUT2D eigenvalue weighted by atomic mass is 9.96. The highest BCUT2D eigenvalue weighted by atomic mass is 32.1. The van der Waals surface area contributed by atoms with Crippen LogP contribution in [0.15, 0.2) is 5.38 Å². The molecule has 3 atom stereocenters.